The summed E-state index contributed by atoms with van der Waals surface area (Å²) in [5, 5.41) is 11.6. The molecule has 0 aliphatic heterocycles. The molecule has 0 radical (unpaired) electrons. The highest BCUT2D eigenvalue weighted by atomic mass is 16.4. The lowest BCUT2D eigenvalue weighted by Gasteiger charge is -2.36. The van der Waals surface area contributed by atoms with Crippen molar-refractivity contribution in [2.45, 2.75) is 39.7 Å². The Hall–Kier alpha value is -1.88. The number of amides is 1. The van der Waals surface area contributed by atoms with E-state index in [0.29, 0.717) is 11.3 Å². The average molecular weight is 278 g/mol. The van der Waals surface area contributed by atoms with E-state index in [4.69, 9.17) is 10.8 Å². The van der Waals surface area contributed by atoms with Crippen molar-refractivity contribution in [1.29, 1.82) is 0 Å². The first-order valence-corrected chi connectivity index (χ1v) is 6.45. The smallest absolute Gasteiger partial charge is 0.307 e. The lowest BCUT2D eigenvalue weighted by molar-refractivity contribution is -0.136. The number of benzene rings is 1. The van der Waals surface area contributed by atoms with Crippen LogP contribution in [0.2, 0.25) is 0 Å². The quantitative estimate of drug-likeness (QED) is 0.768. The third-order valence-electron chi connectivity index (χ3n) is 3.72. The number of rotatable bonds is 5. The number of nitrogens with one attached hydrogen (secondary N) is 1. The van der Waals surface area contributed by atoms with Gasteiger partial charge in [0.15, 0.2) is 0 Å². The number of hydrogen-bond acceptors (Lipinski definition) is 3. The Morgan fingerprint density at radius 3 is 2.35 bits per heavy atom. The Labute approximate surface area is 119 Å². The van der Waals surface area contributed by atoms with E-state index in [1.165, 1.54) is 0 Å². The molecule has 5 heteroatoms. The molecule has 0 saturated carbocycles. The molecule has 110 valence electrons. The van der Waals surface area contributed by atoms with Crippen LogP contribution in [-0.4, -0.2) is 22.5 Å². The lowest BCUT2D eigenvalue weighted by atomic mass is 9.74. The number of anilines is 1. The Bertz CT molecular complexity index is 516. The first-order chi connectivity index (χ1) is 9.04. The number of carbonyl (C=O) groups excluding carboxylic acids is 1. The van der Waals surface area contributed by atoms with Crippen LogP contribution in [0.1, 0.15) is 33.3 Å². The molecule has 0 spiro atoms. The minimum Gasteiger partial charge on any atom is -0.481 e. The normalized spacial score (nSPS) is 12.1. The Morgan fingerprint density at radius 1 is 1.25 bits per heavy atom. The van der Waals surface area contributed by atoms with Crippen molar-refractivity contribution >= 4 is 17.6 Å². The molecule has 1 aromatic carbocycles. The van der Waals surface area contributed by atoms with Gasteiger partial charge in [-0.05, 0) is 45.4 Å². The van der Waals surface area contributed by atoms with Crippen molar-refractivity contribution in [3.8, 4) is 0 Å². The van der Waals surface area contributed by atoms with Crippen LogP contribution in [0.5, 0.6) is 0 Å². The van der Waals surface area contributed by atoms with Gasteiger partial charge in [0.1, 0.15) is 0 Å². The van der Waals surface area contributed by atoms with Crippen LogP contribution >= 0.6 is 0 Å². The first-order valence-electron chi connectivity index (χ1n) is 6.45. The number of hydrogen-bond donors (Lipinski definition) is 3. The maximum atomic E-state index is 12.3. The third kappa shape index (κ3) is 3.81. The second kappa shape index (κ2) is 5.63. The molecule has 0 aliphatic carbocycles. The van der Waals surface area contributed by atoms with Crippen LogP contribution in [0.25, 0.3) is 0 Å². The van der Waals surface area contributed by atoms with E-state index in [1.54, 1.807) is 52.0 Å². The molecule has 0 atom stereocenters. The van der Waals surface area contributed by atoms with Crippen molar-refractivity contribution in [3.05, 3.63) is 29.8 Å². The summed E-state index contributed by atoms with van der Waals surface area (Å²) >= 11 is 0. The Kier molecular flexibility index (Phi) is 4.55. The summed E-state index contributed by atoms with van der Waals surface area (Å²) < 4.78 is 0. The van der Waals surface area contributed by atoms with Gasteiger partial charge in [-0.1, -0.05) is 12.1 Å². The highest BCUT2D eigenvalue weighted by molar-refractivity contribution is 5.95. The van der Waals surface area contributed by atoms with Crippen molar-refractivity contribution in [3.63, 3.8) is 0 Å². The molecule has 20 heavy (non-hydrogen) atoms. The standard InChI is InChI=1S/C15H22N2O3/c1-14(2,15(3,4)16)13(20)17-11-7-5-6-10(8-11)9-12(18)19/h5-8H,9,16H2,1-4H3,(H,17,20)(H,18,19). The molecular formula is C15H22N2O3. The van der Waals surface area contributed by atoms with Crippen LogP contribution in [-0.2, 0) is 16.0 Å². The van der Waals surface area contributed by atoms with Gasteiger partial charge in [0.25, 0.3) is 0 Å². The maximum Gasteiger partial charge on any atom is 0.307 e. The fourth-order valence-corrected chi connectivity index (χ4v) is 1.51. The number of carboxylic acid groups (broad SMARTS) is 1. The van der Waals surface area contributed by atoms with Crippen LogP contribution in [0, 0.1) is 5.41 Å². The molecule has 0 fully saturated rings. The van der Waals surface area contributed by atoms with Gasteiger partial charge in [-0.2, -0.15) is 0 Å². The summed E-state index contributed by atoms with van der Waals surface area (Å²) in [6, 6.07) is 6.81. The molecule has 1 rings (SSSR count). The zero-order valence-corrected chi connectivity index (χ0v) is 12.4. The van der Waals surface area contributed by atoms with Crippen LogP contribution in [0.4, 0.5) is 5.69 Å². The van der Waals surface area contributed by atoms with Crippen LogP contribution < -0.4 is 11.1 Å². The van der Waals surface area contributed by atoms with E-state index < -0.39 is 16.9 Å². The molecule has 0 heterocycles. The molecule has 0 saturated heterocycles. The van der Waals surface area contributed by atoms with E-state index in [2.05, 4.69) is 5.32 Å². The number of carboxylic acids is 1. The minimum absolute atomic E-state index is 0.0739. The Balaban J connectivity index is 2.89. The monoisotopic (exact) mass is 278 g/mol. The first kappa shape index (κ1) is 16.2. The van der Waals surface area contributed by atoms with Crippen molar-refractivity contribution in [1.82, 2.24) is 0 Å². The van der Waals surface area contributed by atoms with Crippen molar-refractivity contribution < 1.29 is 14.7 Å². The highest BCUT2D eigenvalue weighted by Gasteiger charge is 2.40. The molecular weight excluding hydrogens is 256 g/mol. The van der Waals surface area contributed by atoms with E-state index in [0.717, 1.165) is 0 Å². The average Bonchev–Trinajstić information content (AvgIpc) is 2.26. The molecule has 1 aromatic rings. The SMILES string of the molecule is CC(C)(N)C(C)(C)C(=O)Nc1cccc(CC(=O)O)c1. The van der Waals surface area contributed by atoms with Gasteiger partial charge in [0.05, 0.1) is 11.8 Å². The largest absolute Gasteiger partial charge is 0.481 e. The van der Waals surface area contributed by atoms with Gasteiger partial charge in [0.2, 0.25) is 5.91 Å². The second-order valence-corrected chi connectivity index (χ2v) is 6.07. The zero-order chi connectivity index (χ0) is 15.6. The van der Waals surface area contributed by atoms with Crippen molar-refractivity contribution in [2.24, 2.45) is 11.1 Å². The topological polar surface area (TPSA) is 92.4 Å². The second-order valence-electron chi connectivity index (χ2n) is 6.07. The van der Waals surface area contributed by atoms with Crippen LogP contribution in [0.3, 0.4) is 0 Å². The van der Waals surface area contributed by atoms with E-state index in [-0.39, 0.29) is 12.3 Å². The van der Waals surface area contributed by atoms with E-state index in [9.17, 15) is 9.59 Å². The molecule has 4 N–H and O–H groups in total. The van der Waals surface area contributed by atoms with Gasteiger partial charge in [-0.25, -0.2) is 0 Å². The molecule has 5 nitrogen and oxygen atoms in total. The summed E-state index contributed by atoms with van der Waals surface area (Å²) in [4.78, 5) is 23.0. The molecule has 0 bridgehead atoms. The third-order valence-corrected chi connectivity index (χ3v) is 3.72. The predicted octanol–water partition coefficient (Wildman–Crippen LogP) is 2.02. The summed E-state index contributed by atoms with van der Waals surface area (Å²) in [6.07, 6.45) is -0.0739. The van der Waals surface area contributed by atoms with Gasteiger partial charge in [0, 0.05) is 11.2 Å². The van der Waals surface area contributed by atoms with Gasteiger partial charge >= 0.3 is 5.97 Å². The summed E-state index contributed by atoms with van der Waals surface area (Å²) in [5.74, 6) is -1.10. The van der Waals surface area contributed by atoms with E-state index >= 15 is 0 Å². The minimum atomic E-state index is -0.906. The zero-order valence-electron chi connectivity index (χ0n) is 12.4. The maximum absolute atomic E-state index is 12.3. The molecule has 0 aliphatic rings. The van der Waals surface area contributed by atoms with Crippen LogP contribution in [0.15, 0.2) is 24.3 Å². The predicted molar refractivity (Wildman–Crippen MR) is 78.5 cm³/mol. The van der Waals surface area contributed by atoms with E-state index in [1.807, 2.05) is 0 Å². The summed E-state index contributed by atoms with van der Waals surface area (Å²) in [6.45, 7) is 7.16. The highest BCUT2D eigenvalue weighted by Crippen LogP contribution is 2.29. The molecule has 0 aromatic heterocycles. The lowest BCUT2D eigenvalue weighted by Crippen LogP contribution is -2.53. The molecule has 1 amide bonds. The summed E-state index contributed by atoms with van der Waals surface area (Å²) in [5.41, 5.74) is 5.81. The molecule has 0 unspecified atom stereocenters. The van der Waals surface area contributed by atoms with Gasteiger partial charge < -0.3 is 16.2 Å². The Morgan fingerprint density at radius 2 is 1.85 bits per heavy atom. The number of aliphatic carboxylic acids is 1. The fourth-order valence-electron chi connectivity index (χ4n) is 1.51. The number of carbonyl (C=O) groups is 2. The fraction of sp³-hybridized carbons (Fsp3) is 0.467. The number of nitrogens with two attached hydrogens (primary N) is 1. The van der Waals surface area contributed by atoms with Crippen molar-refractivity contribution in [2.75, 3.05) is 5.32 Å². The summed E-state index contributed by atoms with van der Waals surface area (Å²) in [7, 11) is 0. The van der Waals surface area contributed by atoms with Gasteiger partial charge in [-0.3, -0.25) is 9.59 Å². The van der Waals surface area contributed by atoms with Gasteiger partial charge in [-0.15, -0.1) is 0 Å².